The molecule has 0 aliphatic carbocycles. The first-order chi connectivity index (χ1) is 15.6. The zero-order valence-electron chi connectivity index (χ0n) is 19.5. The molecule has 0 saturated heterocycles. The summed E-state index contributed by atoms with van der Waals surface area (Å²) in [4.78, 5) is 3.76. The second kappa shape index (κ2) is 9.67. The van der Waals surface area contributed by atoms with E-state index in [0.717, 1.165) is 35.8 Å². The lowest BCUT2D eigenvalue weighted by atomic mass is 9.77. The van der Waals surface area contributed by atoms with Gasteiger partial charge in [0.15, 0.2) is 27.0 Å². The Labute approximate surface area is 194 Å². The normalized spacial score (nSPS) is 11.8. The second-order valence-electron chi connectivity index (χ2n) is 8.42. The summed E-state index contributed by atoms with van der Waals surface area (Å²) in [6.07, 6.45) is 3.04. The number of oxazole rings is 1. The summed E-state index contributed by atoms with van der Waals surface area (Å²) in [6, 6.07) is 13.8. The highest BCUT2D eigenvalue weighted by atomic mass is 32.2. The number of aromatic nitrogens is 1. The van der Waals surface area contributed by atoms with Crippen LogP contribution in [0.2, 0.25) is 0 Å². The Morgan fingerprint density at radius 1 is 1.12 bits per heavy atom. The van der Waals surface area contributed by atoms with Gasteiger partial charge in [-0.25, -0.2) is 13.4 Å². The summed E-state index contributed by atoms with van der Waals surface area (Å²) >= 11 is 0. The number of sulfone groups is 1. The van der Waals surface area contributed by atoms with Crippen molar-refractivity contribution in [3.05, 3.63) is 70.8 Å². The van der Waals surface area contributed by atoms with Crippen LogP contribution in [0.1, 0.15) is 55.2 Å². The van der Waals surface area contributed by atoms with E-state index in [1.54, 1.807) is 0 Å². The summed E-state index contributed by atoms with van der Waals surface area (Å²) < 4.78 is 40.2. The number of hydrogen-bond acceptors (Lipinski definition) is 7. The van der Waals surface area contributed by atoms with Crippen LogP contribution in [0, 0.1) is 18.3 Å². The quantitative estimate of drug-likeness (QED) is 0.438. The first kappa shape index (κ1) is 24.3. The average Bonchev–Trinajstić information content (AvgIpc) is 3.26. The molecule has 0 spiro atoms. The summed E-state index contributed by atoms with van der Waals surface area (Å²) in [6.45, 7) is 8.70. The van der Waals surface area contributed by atoms with Crippen molar-refractivity contribution < 1.29 is 22.3 Å². The highest BCUT2D eigenvalue weighted by Gasteiger charge is 2.26. The van der Waals surface area contributed by atoms with E-state index in [1.165, 1.54) is 0 Å². The minimum Gasteiger partial charge on any atom is -0.492 e. The average molecular weight is 469 g/mol. The van der Waals surface area contributed by atoms with Gasteiger partial charge in [0.1, 0.15) is 24.2 Å². The van der Waals surface area contributed by atoms with E-state index in [2.05, 4.69) is 31.0 Å². The molecule has 0 radical (unpaired) electrons. The molecule has 3 rings (SSSR count). The van der Waals surface area contributed by atoms with Crippen molar-refractivity contribution >= 4 is 9.84 Å². The fourth-order valence-corrected chi connectivity index (χ4v) is 4.31. The van der Waals surface area contributed by atoms with Gasteiger partial charge in [-0.3, -0.25) is 0 Å². The van der Waals surface area contributed by atoms with Crippen LogP contribution in [0.15, 0.2) is 52.2 Å². The summed E-state index contributed by atoms with van der Waals surface area (Å²) in [5.41, 5.74) is 3.14. The van der Waals surface area contributed by atoms with Crippen molar-refractivity contribution in [2.75, 3.05) is 12.9 Å². The molecule has 1 heterocycles. The van der Waals surface area contributed by atoms with Crippen LogP contribution in [-0.4, -0.2) is 26.3 Å². The third-order valence-corrected chi connectivity index (χ3v) is 6.50. The third kappa shape index (κ3) is 5.37. The molecule has 3 aromatic rings. The number of benzene rings is 2. The number of rotatable bonds is 9. The molecule has 8 heteroatoms. The van der Waals surface area contributed by atoms with Crippen molar-refractivity contribution in [2.24, 2.45) is 0 Å². The maximum Gasteiger partial charge on any atom is 0.200 e. The Kier molecular flexibility index (Phi) is 7.13. The van der Waals surface area contributed by atoms with Crippen molar-refractivity contribution in [3.8, 4) is 17.6 Å². The molecule has 0 amide bonds. The van der Waals surface area contributed by atoms with Gasteiger partial charge in [0.05, 0.1) is 12.2 Å². The third-order valence-electron chi connectivity index (χ3n) is 5.47. The number of ether oxygens (including phenoxy) is 2. The van der Waals surface area contributed by atoms with E-state index in [9.17, 15) is 13.7 Å². The number of nitrogens with zero attached hydrogens (tertiary/aromatic N) is 2. The predicted octanol–water partition coefficient (Wildman–Crippen LogP) is 4.95. The molecule has 0 atom stereocenters. The minimum absolute atomic E-state index is 0.0465. The molecule has 2 aromatic carbocycles. The smallest absolute Gasteiger partial charge is 0.200 e. The largest absolute Gasteiger partial charge is 0.492 e. The van der Waals surface area contributed by atoms with Crippen LogP contribution in [0.4, 0.5) is 0 Å². The number of nitriles is 1. The zero-order chi connectivity index (χ0) is 24.2. The van der Waals surface area contributed by atoms with E-state index < -0.39 is 9.84 Å². The lowest BCUT2D eigenvalue weighted by Gasteiger charge is -2.27. The van der Waals surface area contributed by atoms with Crippen molar-refractivity contribution in [1.82, 2.24) is 4.98 Å². The van der Waals surface area contributed by atoms with Crippen molar-refractivity contribution in [2.45, 2.75) is 51.2 Å². The fraction of sp³-hybridized carbons (Fsp3) is 0.360. The lowest BCUT2D eigenvalue weighted by Crippen LogP contribution is -2.19. The van der Waals surface area contributed by atoms with Crippen LogP contribution in [0.25, 0.3) is 0 Å². The Balaban J connectivity index is 1.81. The Bertz CT molecular complexity index is 1270. The first-order valence-electron chi connectivity index (χ1n) is 10.6. The summed E-state index contributed by atoms with van der Waals surface area (Å²) in [5.74, 6) is 1.37. The monoisotopic (exact) mass is 468 g/mol. The molecule has 0 unspecified atom stereocenters. The Morgan fingerprint density at radius 2 is 1.82 bits per heavy atom. The van der Waals surface area contributed by atoms with Crippen LogP contribution >= 0.6 is 0 Å². The molecule has 0 fully saturated rings. The van der Waals surface area contributed by atoms with E-state index in [-0.39, 0.29) is 22.8 Å². The van der Waals surface area contributed by atoms with Gasteiger partial charge in [0, 0.05) is 11.7 Å². The fourth-order valence-electron chi connectivity index (χ4n) is 3.56. The summed E-state index contributed by atoms with van der Waals surface area (Å²) in [7, 11) is -3.49. The number of aryl methyl sites for hydroxylation is 1. The Hall–Kier alpha value is -3.31. The summed E-state index contributed by atoms with van der Waals surface area (Å²) in [5, 5.41) is 9.53. The van der Waals surface area contributed by atoms with Gasteiger partial charge in [-0.05, 0) is 48.2 Å². The predicted molar refractivity (Wildman–Crippen MR) is 124 cm³/mol. The van der Waals surface area contributed by atoms with Gasteiger partial charge in [-0.2, -0.15) is 5.26 Å². The molecular weight excluding hydrogens is 440 g/mol. The molecule has 7 nitrogen and oxygen atoms in total. The van der Waals surface area contributed by atoms with E-state index >= 15 is 0 Å². The van der Waals surface area contributed by atoms with Crippen LogP contribution in [0.5, 0.6) is 11.5 Å². The van der Waals surface area contributed by atoms with Gasteiger partial charge in [0.2, 0.25) is 0 Å². The molecule has 1 aromatic heterocycles. The van der Waals surface area contributed by atoms with Gasteiger partial charge < -0.3 is 13.9 Å². The first-order valence-corrected chi connectivity index (χ1v) is 12.5. The van der Waals surface area contributed by atoms with Gasteiger partial charge in [-0.1, -0.05) is 39.0 Å². The van der Waals surface area contributed by atoms with Crippen molar-refractivity contribution in [1.29, 1.82) is 5.26 Å². The van der Waals surface area contributed by atoms with Crippen LogP contribution in [0.3, 0.4) is 0 Å². The van der Waals surface area contributed by atoms with E-state index in [1.807, 2.05) is 44.2 Å². The molecule has 174 valence electrons. The van der Waals surface area contributed by atoms with Crippen molar-refractivity contribution in [3.63, 3.8) is 0 Å². The molecule has 0 aliphatic heterocycles. The maximum atomic E-state index is 11.8. The van der Waals surface area contributed by atoms with Crippen LogP contribution < -0.4 is 9.47 Å². The van der Waals surface area contributed by atoms with Gasteiger partial charge >= 0.3 is 0 Å². The van der Waals surface area contributed by atoms with E-state index in [0.29, 0.717) is 23.7 Å². The molecule has 0 aliphatic rings. The molecular formula is C25H28N2O5S. The highest BCUT2D eigenvalue weighted by molar-refractivity contribution is 7.90. The SMILES string of the molecule is CCCOc1c(C)cc(C(C)(C)c2ccc(OCc3ocnc3S(C)(=O)=O)cc2)cc1C#N. The lowest BCUT2D eigenvalue weighted by molar-refractivity contribution is 0.265. The molecule has 33 heavy (non-hydrogen) atoms. The molecule has 0 bridgehead atoms. The second-order valence-corrected chi connectivity index (χ2v) is 10.4. The minimum atomic E-state index is -3.49. The maximum absolute atomic E-state index is 11.8. The topological polar surface area (TPSA) is 102 Å². The van der Waals surface area contributed by atoms with E-state index in [4.69, 9.17) is 13.9 Å². The Morgan fingerprint density at radius 3 is 2.42 bits per heavy atom. The van der Waals surface area contributed by atoms with Crippen LogP contribution in [-0.2, 0) is 21.9 Å². The van der Waals surface area contributed by atoms with Gasteiger partial charge in [-0.15, -0.1) is 0 Å². The molecule has 0 N–H and O–H groups in total. The standard InChI is InChI=1S/C25H28N2O5S/c1-6-11-30-23-17(2)12-20(13-18(23)14-26)25(3,4)19-7-9-21(10-8-19)31-15-22-24(27-16-32-22)33(5,28)29/h7-10,12-13,16H,6,11,15H2,1-5H3. The molecule has 0 saturated carbocycles. The number of hydrogen-bond donors (Lipinski definition) is 0. The zero-order valence-corrected chi connectivity index (χ0v) is 20.3. The highest BCUT2D eigenvalue weighted by Crippen LogP contribution is 2.36. The van der Waals surface area contributed by atoms with Gasteiger partial charge in [0.25, 0.3) is 0 Å².